The van der Waals surface area contributed by atoms with E-state index in [0.29, 0.717) is 6.42 Å². The third-order valence-electron chi connectivity index (χ3n) is 2.40. The van der Waals surface area contributed by atoms with Gasteiger partial charge < -0.3 is 4.74 Å². The van der Waals surface area contributed by atoms with Crippen LogP contribution < -0.4 is 0 Å². The highest BCUT2D eigenvalue weighted by molar-refractivity contribution is 5.90. The van der Waals surface area contributed by atoms with Gasteiger partial charge in [-0.3, -0.25) is 10.1 Å². The lowest BCUT2D eigenvalue weighted by molar-refractivity contribution is -0.385. The highest BCUT2D eigenvalue weighted by Crippen LogP contribution is 2.21. The molecule has 0 heterocycles. The van der Waals surface area contributed by atoms with E-state index in [-0.39, 0.29) is 17.9 Å². The minimum Gasteiger partial charge on any atom is -0.462 e. The minimum atomic E-state index is -0.868. The molecule has 0 fully saturated rings. The van der Waals surface area contributed by atoms with Crippen molar-refractivity contribution in [2.24, 2.45) is 0 Å². The molecule has 0 N–H and O–H groups in total. The van der Waals surface area contributed by atoms with Gasteiger partial charge in [0.15, 0.2) is 0 Å². The second-order valence-electron chi connectivity index (χ2n) is 3.87. The van der Waals surface area contributed by atoms with Gasteiger partial charge in [-0.1, -0.05) is 13.3 Å². The van der Waals surface area contributed by atoms with Crippen LogP contribution in [0, 0.1) is 22.9 Å². The summed E-state index contributed by atoms with van der Waals surface area (Å²) in [5.74, 6) is -1.64. The highest BCUT2D eigenvalue weighted by atomic mass is 19.1. The van der Waals surface area contributed by atoms with Crippen molar-refractivity contribution >= 4 is 11.7 Å². The van der Waals surface area contributed by atoms with E-state index in [1.807, 2.05) is 6.92 Å². The molecular weight excluding hydrogens is 241 g/mol. The topological polar surface area (TPSA) is 69.4 Å². The van der Waals surface area contributed by atoms with Gasteiger partial charge in [0.2, 0.25) is 0 Å². The number of esters is 1. The second-order valence-corrected chi connectivity index (χ2v) is 3.87. The molecule has 0 unspecified atom stereocenters. The van der Waals surface area contributed by atoms with Gasteiger partial charge in [-0.15, -0.1) is 0 Å². The number of ether oxygens (including phenoxy) is 1. The van der Waals surface area contributed by atoms with Gasteiger partial charge in [0.05, 0.1) is 11.5 Å². The number of hydrogen-bond donors (Lipinski definition) is 0. The zero-order valence-electron chi connectivity index (χ0n) is 10.2. The molecule has 0 aliphatic rings. The largest absolute Gasteiger partial charge is 0.462 e. The maximum atomic E-state index is 13.7. The summed E-state index contributed by atoms with van der Waals surface area (Å²) in [6.07, 6.45) is 1.50. The summed E-state index contributed by atoms with van der Waals surface area (Å²) in [6, 6.07) is 1.98. The van der Waals surface area contributed by atoms with E-state index >= 15 is 0 Å². The van der Waals surface area contributed by atoms with Crippen molar-refractivity contribution in [3.63, 3.8) is 0 Å². The molecule has 18 heavy (non-hydrogen) atoms. The Morgan fingerprint density at radius 3 is 2.72 bits per heavy atom. The van der Waals surface area contributed by atoms with Crippen LogP contribution in [0.4, 0.5) is 10.1 Å². The molecule has 0 saturated heterocycles. The number of benzene rings is 1. The predicted octanol–water partition coefficient (Wildman–Crippen LogP) is 3.00. The second kappa shape index (κ2) is 6.09. The van der Waals surface area contributed by atoms with Crippen molar-refractivity contribution in [2.75, 3.05) is 6.61 Å². The van der Waals surface area contributed by atoms with E-state index in [2.05, 4.69) is 0 Å². The number of non-ortho nitro benzene ring substituents is 1. The molecule has 0 aliphatic carbocycles. The van der Waals surface area contributed by atoms with E-state index in [1.165, 1.54) is 6.92 Å². The van der Waals surface area contributed by atoms with Crippen LogP contribution in [0.15, 0.2) is 12.1 Å². The Hall–Kier alpha value is -1.98. The minimum absolute atomic E-state index is 0.0478. The Kier molecular flexibility index (Phi) is 4.76. The Morgan fingerprint density at radius 1 is 1.50 bits per heavy atom. The van der Waals surface area contributed by atoms with Gasteiger partial charge in [-0.2, -0.15) is 0 Å². The number of halogens is 1. The molecule has 0 amide bonds. The number of aryl methyl sites for hydroxylation is 1. The fourth-order valence-corrected chi connectivity index (χ4v) is 1.39. The standard InChI is InChI=1S/C12H14FNO4/c1-3-4-5-18-12(15)10-7-9(14(16)17)6-8(2)11(10)13/h6-7H,3-5H2,1-2H3. The first-order valence-corrected chi connectivity index (χ1v) is 5.59. The average Bonchev–Trinajstić information content (AvgIpc) is 2.32. The number of nitrogens with zero attached hydrogens (tertiary/aromatic N) is 1. The van der Waals surface area contributed by atoms with E-state index in [1.54, 1.807) is 0 Å². The molecule has 1 aromatic rings. The number of unbranched alkanes of at least 4 members (excludes halogenated alkanes) is 1. The molecule has 98 valence electrons. The Balaban J connectivity index is 2.99. The molecule has 1 aromatic carbocycles. The van der Waals surface area contributed by atoms with Gasteiger partial charge in [0, 0.05) is 12.1 Å². The number of rotatable bonds is 5. The van der Waals surface area contributed by atoms with Crippen LogP contribution in [-0.2, 0) is 4.74 Å². The molecule has 5 nitrogen and oxygen atoms in total. The number of carbonyl (C=O) groups excluding carboxylic acids is 1. The quantitative estimate of drug-likeness (QED) is 0.351. The number of nitro benzene ring substituents is 1. The van der Waals surface area contributed by atoms with E-state index in [4.69, 9.17) is 4.74 Å². The average molecular weight is 255 g/mol. The summed E-state index contributed by atoms with van der Waals surface area (Å²) in [5, 5.41) is 10.6. The van der Waals surface area contributed by atoms with Crippen molar-refractivity contribution in [3.8, 4) is 0 Å². The maximum absolute atomic E-state index is 13.7. The summed E-state index contributed by atoms with van der Waals surface area (Å²) in [7, 11) is 0. The highest BCUT2D eigenvalue weighted by Gasteiger charge is 2.20. The SMILES string of the molecule is CCCCOC(=O)c1cc([N+](=O)[O-])cc(C)c1F. The molecule has 0 aromatic heterocycles. The van der Waals surface area contributed by atoms with Gasteiger partial charge >= 0.3 is 5.97 Å². The van der Waals surface area contributed by atoms with Gasteiger partial charge in [-0.25, -0.2) is 9.18 Å². The van der Waals surface area contributed by atoms with E-state index in [9.17, 15) is 19.3 Å². The third kappa shape index (κ3) is 3.26. The van der Waals surface area contributed by atoms with Crippen LogP contribution in [0.5, 0.6) is 0 Å². The first kappa shape index (κ1) is 14.1. The monoisotopic (exact) mass is 255 g/mol. The number of carbonyl (C=O) groups is 1. The molecule has 1 rings (SSSR count). The third-order valence-corrected chi connectivity index (χ3v) is 2.40. The van der Waals surface area contributed by atoms with Crippen LogP contribution in [0.2, 0.25) is 0 Å². The smallest absolute Gasteiger partial charge is 0.341 e. The Labute approximate surface area is 104 Å². The van der Waals surface area contributed by atoms with Gasteiger partial charge in [0.25, 0.3) is 5.69 Å². The lowest BCUT2D eigenvalue weighted by atomic mass is 10.1. The summed E-state index contributed by atoms with van der Waals surface area (Å²) in [6.45, 7) is 3.47. The molecule has 0 aliphatic heterocycles. The summed E-state index contributed by atoms with van der Waals surface area (Å²) in [4.78, 5) is 21.5. The molecular formula is C12H14FNO4. The van der Waals surface area contributed by atoms with Crippen LogP contribution in [0.25, 0.3) is 0 Å². The molecule has 6 heteroatoms. The van der Waals surface area contributed by atoms with Gasteiger partial charge in [0.1, 0.15) is 11.4 Å². The number of nitro groups is 1. The van der Waals surface area contributed by atoms with Crippen LogP contribution >= 0.6 is 0 Å². The number of hydrogen-bond acceptors (Lipinski definition) is 4. The van der Waals surface area contributed by atoms with Crippen molar-refractivity contribution in [1.82, 2.24) is 0 Å². The van der Waals surface area contributed by atoms with Gasteiger partial charge in [-0.05, 0) is 18.9 Å². The van der Waals surface area contributed by atoms with Crippen molar-refractivity contribution in [3.05, 3.63) is 39.2 Å². The lowest BCUT2D eigenvalue weighted by Gasteiger charge is -2.06. The summed E-state index contributed by atoms with van der Waals surface area (Å²) >= 11 is 0. The Morgan fingerprint density at radius 2 is 2.17 bits per heavy atom. The Bertz CT molecular complexity index is 473. The summed E-state index contributed by atoms with van der Waals surface area (Å²) in [5.41, 5.74) is -0.666. The predicted molar refractivity (Wildman–Crippen MR) is 63.0 cm³/mol. The summed E-state index contributed by atoms with van der Waals surface area (Å²) < 4.78 is 18.5. The fourth-order valence-electron chi connectivity index (χ4n) is 1.39. The van der Waals surface area contributed by atoms with Crippen LogP contribution in [-0.4, -0.2) is 17.5 Å². The molecule has 0 bridgehead atoms. The van der Waals surface area contributed by atoms with Crippen molar-refractivity contribution in [1.29, 1.82) is 0 Å². The molecule has 0 saturated carbocycles. The van der Waals surface area contributed by atoms with Crippen LogP contribution in [0.1, 0.15) is 35.7 Å². The van der Waals surface area contributed by atoms with Crippen molar-refractivity contribution in [2.45, 2.75) is 26.7 Å². The molecule has 0 atom stereocenters. The van der Waals surface area contributed by atoms with E-state index in [0.717, 1.165) is 18.6 Å². The molecule has 0 spiro atoms. The fraction of sp³-hybridized carbons (Fsp3) is 0.417. The first-order valence-electron chi connectivity index (χ1n) is 5.59. The first-order chi connectivity index (χ1) is 8.47. The van der Waals surface area contributed by atoms with Crippen molar-refractivity contribution < 1.29 is 18.8 Å². The lowest BCUT2D eigenvalue weighted by Crippen LogP contribution is -2.10. The zero-order chi connectivity index (χ0) is 13.7. The maximum Gasteiger partial charge on any atom is 0.341 e. The molecule has 0 radical (unpaired) electrons. The zero-order valence-corrected chi connectivity index (χ0v) is 10.2. The van der Waals surface area contributed by atoms with E-state index < -0.39 is 22.3 Å². The van der Waals surface area contributed by atoms with Crippen LogP contribution in [0.3, 0.4) is 0 Å². The normalized spacial score (nSPS) is 10.2.